The molecule has 6 nitrogen and oxygen atoms in total. The molecule has 2 amide bonds. The number of nitrogens with zero attached hydrogens (tertiary/aromatic N) is 2. The summed E-state index contributed by atoms with van der Waals surface area (Å²) in [6, 6.07) is 23.8. The van der Waals surface area contributed by atoms with Crippen molar-refractivity contribution in [2.24, 2.45) is 0 Å². The number of hydrogen-bond acceptors (Lipinski definition) is 4. The van der Waals surface area contributed by atoms with Gasteiger partial charge >= 0.3 is 0 Å². The number of amides is 2. The Hall–Kier alpha value is -3.42. The molecule has 3 aromatic rings. The number of carbonyl (C=O) groups excluding carboxylic acids is 2. The lowest BCUT2D eigenvalue weighted by Crippen LogP contribution is -2.49. The van der Waals surface area contributed by atoms with Gasteiger partial charge in [0.05, 0.1) is 11.4 Å². The zero-order chi connectivity index (χ0) is 23.2. The summed E-state index contributed by atoms with van der Waals surface area (Å²) < 4.78 is 0. The van der Waals surface area contributed by atoms with Crippen LogP contribution in [0.2, 0.25) is 5.02 Å². The number of thiocarbonyl (C=S) groups is 1. The molecule has 1 aliphatic rings. The van der Waals surface area contributed by atoms with Gasteiger partial charge < -0.3 is 15.1 Å². The van der Waals surface area contributed by atoms with E-state index < -0.39 is 0 Å². The molecule has 0 bridgehead atoms. The molecule has 0 atom stereocenters. The van der Waals surface area contributed by atoms with Crippen molar-refractivity contribution in [2.75, 3.05) is 36.4 Å². The van der Waals surface area contributed by atoms with Gasteiger partial charge in [0.1, 0.15) is 0 Å². The number of piperazine rings is 1. The zero-order valence-corrected chi connectivity index (χ0v) is 19.4. The van der Waals surface area contributed by atoms with Crippen molar-refractivity contribution in [1.29, 1.82) is 0 Å². The van der Waals surface area contributed by atoms with Crippen LogP contribution in [0.1, 0.15) is 20.7 Å². The largest absolute Gasteiger partial charge is 0.366 e. The minimum absolute atomic E-state index is 0.0477. The average molecular weight is 479 g/mol. The Morgan fingerprint density at radius 2 is 1.48 bits per heavy atom. The van der Waals surface area contributed by atoms with Crippen LogP contribution in [-0.2, 0) is 0 Å². The topological polar surface area (TPSA) is 64.7 Å². The smallest absolute Gasteiger partial charge is 0.257 e. The Balaban J connectivity index is 1.38. The van der Waals surface area contributed by atoms with E-state index in [0.29, 0.717) is 42.3 Å². The summed E-state index contributed by atoms with van der Waals surface area (Å²) >= 11 is 11.3. The molecule has 2 N–H and O–H groups in total. The van der Waals surface area contributed by atoms with E-state index in [1.54, 1.807) is 24.3 Å². The maximum absolute atomic E-state index is 12.7. The molecule has 0 saturated carbocycles. The Morgan fingerprint density at radius 3 is 2.21 bits per heavy atom. The van der Waals surface area contributed by atoms with Crippen LogP contribution in [0, 0.1) is 0 Å². The van der Waals surface area contributed by atoms with Gasteiger partial charge in [0.25, 0.3) is 11.8 Å². The number of para-hydroxylation sites is 2. The van der Waals surface area contributed by atoms with Crippen LogP contribution in [0.3, 0.4) is 0 Å². The Kier molecular flexibility index (Phi) is 7.22. The van der Waals surface area contributed by atoms with Crippen molar-refractivity contribution in [2.45, 2.75) is 0 Å². The van der Waals surface area contributed by atoms with Gasteiger partial charge in [-0.3, -0.25) is 14.9 Å². The van der Waals surface area contributed by atoms with Crippen LogP contribution in [0.15, 0.2) is 78.9 Å². The number of rotatable bonds is 4. The predicted octanol–water partition coefficient (Wildman–Crippen LogP) is 4.43. The van der Waals surface area contributed by atoms with Gasteiger partial charge in [-0.1, -0.05) is 48.0 Å². The third-order valence-corrected chi connectivity index (χ3v) is 5.83. The molecule has 4 rings (SSSR count). The van der Waals surface area contributed by atoms with Crippen LogP contribution in [0.25, 0.3) is 0 Å². The van der Waals surface area contributed by atoms with E-state index in [0.717, 1.165) is 11.4 Å². The number of benzene rings is 3. The maximum atomic E-state index is 12.7. The van der Waals surface area contributed by atoms with Crippen LogP contribution in [0.5, 0.6) is 0 Å². The molecule has 0 aromatic heterocycles. The molecule has 3 aromatic carbocycles. The number of halogens is 1. The molecule has 0 radical (unpaired) electrons. The number of hydrogen-bond donors (Lipinski definition) is 2. The van der Waals surface area contributed by atoms with Crippen molar-refractivity contribution in [3.63, 3.8) is 0 Å². The Morgan fingerprint density at radius 1 is 0.818 bits per heavy atom. The van der Waals surface area contributed by atoms with Crippen molar-refractivity contribution < 1.29 is 9.59 Å². The number of nitrogens with one attached hydrogen (secondary N) is 2. The van der Waals surface area contributed by atoms with Crippen molar-refractivity contribution in [3.05, 3.63) is 95.0 Å². The maximum Gasteiger partial charge on any atom is 0.257 e. The molecule has 0 spiro atoms. The quantitative estimate of drug-likeness (QED) is 0.543. The van der Waals surface area contributed by atoms with Crippen LogP contribution >= 0.6 is 23.8 Å². The monoisotopic (exact) mass is 478 g/mol. The van der Waals surface area contributed by atoms with Crippen molar-refractivity contribution in [3.8, 4) is 0 Å². The average Bonchev–Trinajstić information content (AvgIpc) is 2.84. The van der Waals surface area contributed by atoms with Gasteiger partial charge in [0.2, 0.25) is 0 Å². The lowest BCUT2D eigenvalue weighted by atomic mass is 10.1. The normalized spacial score (nSPS) is 13.4. The van der Waals surface area contributed by atoms with E-state index in [4.69, 9.17) is 23.8 Å². The van der Waals surface area contributed by atoms with Crippen LogP contribution in [-0.4, -0.2) is 48.0 Å². The van der Waals surface area contributed by atoms with Gasteiger partial charge in [-0.25, -0.2) is 0 Å². The van der Waals surface area contributed by atoms with E-state index >= 15 is 0 Å². The summed E-state index contributed by atoms with van der Waals surface area (Å²) in [4.78, 5) is 29.3. The highest BCUT2D eigenvalue weighted by Gasteiger charge is 2.23. The molecule has 33 heavy (non-hydrogen) atoms. The first-order valence-electron chi connectivity index (χ1n) is 10.6. The molecule has 1 fully saturated rings. The molecule has 1 saturated heterocycles. The van der Waals surface area contributed by atoms with Gasteiger partial charge in [0, 0.05) is 42.3 Å². The first kappa shape index (κ1) is 22.8. The highest BCUT2D eigenvalue weighted by Crippen LogP contribution is 2.27. The van der Waals surface area contributed by atoms with E-state index in [1.807, 2.05) is 59.5 Å². The molecule has 0 unspecified atom stereocenters. The molecule has 0 aliphatic carbocycles. The van der Waals surface area contributed by atoms with Crippen LogP contribution < -0.4 is 15.5 Å². The fourth-order valence-corrected chi connectivity index (χ4v) is 4.12. The summed E-state index contributed by atoms with van der Waals surface area (Å²) in [6.07, 6.45) is 0. The first-order chi connectivity index (χ1) is 16.0. The third kappa shape index (κ3) is 5.69. The second-order valence-corrected chi connectivity index (χ2v) is 8.43. The highest BCUT2D eigenvalue weighted by molar-refractivity contribution is 7.80. The SMILES string of the molecule is O=C(NC(=S)Nc1ccccc1N1CCN(C(=O)c2ccccc2)CC1)c1cccc(Cl)c1. The minimum atomic E-state index is -0.333. The van der Waals surface area contributed by atoms with E-state index in [2.05, 4.69) is 15.5 Å². The molecule has 8 heteroatoms. The van der Waals surface area contributed by atoms with E-state index in [-0.39, 0.29) is 16.9 Å². The van der Waals surface area contributed by atoms with Crippen molar-refractivity contribution >= 4 is 52.1 Å². The standard InChI is InChI=1S/C25H23ClN4O2S/c26-20-10-6-9-19(17-20)23(31)28-25(33)27-21-11-4-5-12-22(21)29-13-15-30(16-14-29)24(32)18-7-2-1-3-8-18/h1-12,17H,13-16H2,(H2,27,28,31,33). The van der Waals surface area contributed by atoms with Crippen LogP contribution in [0.4, 0.5) is 11.4 Å². The van der Waals surface area contributed by atoms with E-state index in [9.17, 15) is 9.59 Å². The summed E-state index contributed by atoms with van der Waals surface area (Å²) in [5.41, 5.74) is 2.88. The lowest BCUT2D eigenvalue weighted by molar-refractivity contribution is 0.0746. The fourth-order valence-electron chi connectivity index (χ4n) is 3.73. The van der Waals surface area contributed by atoms with Gasteiger partial charge in [-0.15, -0.1) is 0 Å². The summed E-state index contributed by atoms with van der Waals surface area (Å²) in [5.74, 6) is -0.285. The third-order valence-electron chi connectivity index (χ3n) is 5.39. The first-order valence-corrected chi connectivity index (χ1v) is 11.4. The number of carbonyl (C=O) groups is 2. The highest BCUT2D eigenvalue weighted by atomic mass is 35.5. The fraction of sp³-hybridized carbons (Fsp3) is 0.160. The molecule has 1 aliphatic heterocycles. The second kappa shape index (κ2) is 10.5. The Labute approximate surface area is 203 Å². The van der Waals surface area contributed by atoms with Gasteiger partial charge in [0.15, 0.2) is 5.11 Å². The van der Waals surface area contributed by atoms with Gasteiger partial charge in [-0.05, 0) is 54.7 Å². The molecule has 168 valence electrons. The minimum Gasteiger partial charge on any atom is -0.366 e. The summed E-state index contributed by atoms with van der Waals surface area (Å²) in [7, 11) is 0. The lowest BCUT2D eigenvalue weighted by Gasteiger charge is -2.37. The molecular weight excluding hydrogens is 456 g/mol. The molecular formula is C25H23ClN4O2S. The predicted molar refractivity (Wildman–Crippen MR) is 136 cm³/mol. The summed E-state index contributed by atoms with van der Waals surface area (Å²) in [5, 5.41) is 6.50. The van der Waals surface area contributed by atoms with Gasteiger partial charge in [-0.2, -0.15) is 0 Å². The summed E-state index contributed by atoms with van der Waals surface area (Å²) in [6.45, 7) is 2.63. The Bertz CT molecular complexity index is 1160. The van der Waals surface area contributed by atoms with Crippen molar-refractivity contribution in [1.82, 2.24) is 10.2 Å². The zero-order valence-electron chi connectivity index (χ0n) is 17.8. The van der Waals surface area contributed by atoms with E-state index in [1.165, 1.54) is 0 Å². The number of anilines is 2. The molecule has 1 heterocycles. The second-order valence-electron chi connectivity index (χ2n) is 7.58.